The average molecular weight is 437 g/mol. The molecule has 0 unspecified atom stereocenters. The molecule has 0 saturated carbocycles. The Morgan fingerprint density at radius 3 is 2.81 bits per heavy atom. The van der Waals surface area contributed by atoms with Crippen molar-refractivity contribution in [2.45, 2.75) is 20.0 Å². The predicted molar refractivity (Wildman–Crippen MR) is 97.7 cm³/mol. The molecule has 2 aromatic heterocycles. The topological polar surface area (TPSA) is 108 Å². The Morgan fingerprint density at radius 1 is 1.37 bits per heavy atom. The van der Waals surface area contributed by atoms with Crippen molar-refractivity contribution in [1.82, 2.24) is 19.6 Å². The number of nitrogens with zero attached hydrogens (tertiary/aromatic N) is 5. The molecule has 1 N–H and O–H groups in total. The highest BCUT2D eigenvalue weighted by Crippen LogP contribution is 2.26. The van der Waals surface area contributed by atoms with Gasteiger partial charge < -0.3 is 15.4 Å². The molecule has 0 saturated heterocycles. The fourth-order valence-corrected chi connectivity index (χ4v) is 2.86. The van der Waals surface area contributed by atoms with Gasteiger partial charge in [0, 0.05) is 12.3 Å². The normalized spacial score (nSPS) is 10.8. The van der Waals surface area contributed by atoms with Gasteiger partial charge in [-0.25, -0.2) is 4.39 Å². The fourth-order valence-electron chi connectivity index (χ4n) is 2.44. The first-order chi connectivity index (χ1) is 12.8. The number of anilines is 1. The number of halogens is 2. The largest absolute Gasteiger partial charge is 0.404 e. The van der Waals surface area contributed by atoms with Crippen LogP contribution in [-0.4, -0.2) is 30.4 Å². The summed E-state index contributed by atoms with van der Waals surface area (Å²) in [5, 5.41) is 21.5. The lowest BCUT2D eigenvalue weighted by atomic mass is 10.2. The minimum atomic E-state index is -0.625. The van der Waals surface area contributed by atoms with Crippen LogP contribution in [0.5, 0.6) is 0 Å². The molecule has 140 valence electrons. The third-order valence-electron chi connectivity index (χ3n) is 3.72. The number of aromatic nitrogens is 4. The van der Waals surface area contributed by atoms with E-state index in [-0.39, 0.29) is 22.7 Å². The highest BCUT2D eigenvalue weighted by Gasteiger charge is 2.24. The molecule has 0 fully saturated rings. The smallest absolute Gasteiger partial charge is 0.358 e. The van der Waals surface area contributed by atoms with Gasteiger partial charge in [0.15, 0.2) is 5.82 Å². The van der Waals surface area contributed by atoms with Crippen LogP contribution in [0.25, 0.3) is 0 Å². The zero-order valence-corrected chi connectivity index (χ0v) is 15.7. The van der Waals surface area contributed by atoms with Gasteiger partial charge >= 0.3 is 5.82 Å². The van der Waals surface area contributed by atoms with Gasteiger partial charge in [0.25, 0.3) is 0 Å². The first-order valence-corrected chi connectivity index (χ1v) is 8.58. The molecule has 2 heterocycles. The van der Waals surface area contributed by atoms with Crippen LogP contribution >= 0.6 is 15.9 Å². The third kappa shape index (κ3) is 4.37. The van der Waals surface area contributed by atoms with Crippen LogP contribution in [0.15, 0.2) is 41.0 Å². The van der Waals surface area contributed by atoms with Crippen molar-refractivity contribution in [2.24, 2.45) is 0 Å². The molecule has 3 rings (SSSR count). The minimum Gasteiger partial charge on any atom is -0.358 e. The summed E-state index contributed by atoms with van der Waals surface area (Å²) in [6.45, 7) is 1.77. The number of amides is 1. The predicted octanol–water partition coefficient (Wildman–Crippen LogP) is 2.88. The van der Waals surface area contributed by atoms with Crippen molar-refractivity contribution in [3.8, 4) is 0 Å². The quantitative estimate of drug-likeness (QED) is 0.471. The van der Waals surface area contributed by atoms with Crippen molar-refractivity contribution < 1.29 is 14.1 Å². The molecule has 0 aliphatic rings. The Kier molecular flexibility index (Phi) is 5.31. The highest BCUT2D eigenvalue weighted by molar-refractivity contribution is 9.10. The summed E-state index contributed by atoms with van der Waals surface area (Å²) in [5.74, 6) is -0.795. The van der Waals surface area contributed by atoms with Crippen LogP contribution in [-0.2, 0) is 17.9 Å². The number of carbonyl (C=O) groups excluding carboxylic acids is 1. The number of hydrogen-bond donors (Lipinski definition) is 1. The molecule has 1 amide bonds. The van der Waals surface area contributed by atoms with Crippen molar-refractivity contribution in [2.75, 3.05) is 5.32 Å². The second-order valence-electron chi connectivity index (χ2n) is 5.71. The molecule has 0 bridgehead atoms. The average Bonchev–Trinajstić information content (AvgIpc) is 3.14. The molecule has 11 heteroatoms. The van der Waals surface area contributed by atoms with Gasteiger partial charge in [-0.15, -0.1) is 0 Å². The van der Waals surface area contributed by atoms with E-state index in [1.54, 1.807) is 36.0 Å². The Hall–Kier alpha value is -3.08. The van der Waals surface area contributed by atoms with Gasteiger partial charge in [0.2, 0.25) is 5.91 Å². The summed E-state index contributed by atoms with van der Waals surface area (Å²) in [6, 6.07) is 7.75. The molecule has 0 aliphatic carbocycles. The zero-order valence-electron chi connectivity index (χ0n) is 14.1. The van der Waals surface area contributed by atoms with Crippen molar-refractivity contribution in [3.63, 3.8) is 0 Å². The highest BCUT2D eigenvalue weighted by atomic mass is 79.9. The summed E-state index contributed by atoms with van der Waals surface area (Å²) < 4.78 is 16.3. The Balaban J connectivity index is 1.64. The standard InChI is InChI=1S/C16H14BrFN6O3/c1-10-15(17)16(24(26)27)21-23(10)9-14(25)19-13-5-6-22(20-13)8-11-3-2-4-12(18)7-11/h2-7H,8-9H2,1H3,(H,19,20,25). The Bertz CT molecular complexity index is 1020. The van der Waals surface area contributed by atoms with E-state index in [2.05, 4.69) is 31.4 Å². The second-order valence-corrected chi connectivity index (χ2v) is 6.51. The molecular weight excluding hydrogens is 423 g/mol. The number of hydrogen-bond acceptors (Lipinski definition) is 5. The van der Waals surface area contributed by atoms with Crippen LogP contribution in [0.2, 0.25) is 0 Å². The maximum atomic E-state index is 13.2. The lowest BCUT2D eigenvalue weighted by Gasteiger charge is -2.03. The van der Waals surface area contributed by atoms with Crippen molar-refractivity contribution >= 4 is 33.5 Å². The van der Waals surface area contributed by atoms with Gasteiger partial charge in [-0.05, 0) is 45.5 Å². The van der Waals surface area contributed by atoms with Crippen molar-refractivity contribution in [1.29, 1.82) is 0 Å². The van der Waals surface area contributed by atoms with Gasteiger partial charge in [0.1, 0.15) is 16.8 Å². The summed E-state index contributed by atoms with van der Waals surface area (Å²) in [5.41, 5.74) is 1.20. The van der Waals surface area contributed by atoms with E-state index in [0.717, 1.165) is 5.56 Å². The first-order valence-electron chi connectivity index (χ1n) is 7.78. The van der Waals surface area contributed by atoms with Crippen LogP contribution in [0, 0.1) is 22.9 Å². The molecule has 3 aromatic rings. The molecule has 0 radical (unpaired) electrons. The monoisotopic (exact) mass is 436 g/mol. The van der Waals surface area contributed by atoms with E-state index < -0.39 is 10.8 Å². The van der Waals surface area contributed by atoms with Crippen molar-refractivity contribution in [3.05, 3.63) is 68.2 Å². The summed E-state index contributed by atoms with van der Waals surface area (Å²) in [6.07, 6.45) is 1.65. The maximum Gasteiger partial charge on any atom is 0.404 e. The zero-order chi connectivity index (χ0) is 19.6. The van der Waals surface area contributed by atoms with Crippen LogP contribution in [0.4, 0.5) is 16.0 Å². The van der Waals surface area contributed by atoms with Gasteiger partial charge in [-0.2, -0.15) is 9.78 Å². The summed E-state index contributed by atoms with van der Waals surface area (Å²) in [4.78, 5) is 22.5. The summed E-state index contributed by atoms with van der Waals surface area (Å²) in [7, 11) is 0. The Morgan fingerprint density at radius 2 is 2.15 bits per heavy atom. The van der Waals surface area contributed by atoms with E-state index in [1.807, 2.05) is 0 Å². The Labute approximate surface area is 161 Å². The van der Waals surface area contributed by atoms with Gasteiger partial charge in [0.05, 0.1) is 17.3 Å². The molecule has 9 nitrogen and oxygen atoms in total. The van der Waals surface area contributed by atoms with E-state index in [4.69, 9.17) is 0 Å². The fraction of sp³-hybridized carbons (Fsp3) is 0.188. The lowest BCUT2D eigenvalue weighted by molar-refractivity contribution is -0.390. The van der Waals surface area contributed by atoms with E-state index in [1.165, 1.54) is 16.8 Å². The van der Waals surface area contributed by atoms with Gasteiger partial charge in [-0.3, -0.25) is 9.48 Å². The minimum absolute atomic E-state index is 0.199. The maximum absolute atomic E-state index is 13.2. The van der Waals surface area contributed by atoms with Gasteiger partial charge in [-0.1, -0.05) is 12.1 Å². The number of nitro groups is 1. The number of benzene rings is 1. The van der Waals surface area contributed by atoms with E-state index >= 15 is 0 Å². The van der Waals surface area contributed by atoms with Crippen LogP contribution in [0.1, 0.15) is 11.3 Å². The van der Waals surface area contributed by atoms with E-state index in [0.29, 0.717) is 18.1 Å². The number of rotatable bonds is 6. The second kappa shape index (κ2) is 7.66. The first kappa shape index (κ1) is 18.7. The third-order valence-corrected chi connectivity index (χ3v) is 4.65. The molecule has 0 spiro atoms. The molecule has 0 atom stereocenters. The number of carbonyl (C=O) groups is 1. The number of nitrogens with one attached hydrogen (secondary N) is 1. The summed E-state index contributed by atoms with van der Waals surface area (Å²) >= 11 is 3.10. The van der Waals surface area contributed by atoms with Crippen LogP contribution in [0.3, 0.4) is 0 Å². The van der Waals surface area contributed by atoms with Crippen LogP contribution < -0.4 is 5.32 Å². The lowest BCUT2D eigenvalue weighted by Crippen LogP contribution is -2.20. The molecule has 27 heavy (non-hydrogen) atoms. The SMILES string of the molecule is Cc1c(Br)c([N+](=O)[O-])nn1CC(=O)Nc1ccn(Cc2cccc(F)c2)n1. The van der Waals surface area contributed by atoms with E-state index in [9.17, 15) is 19.3 Å². The molecule has 0 aliphatic heterocycles. The molecule has 1 aromatic carbocycles. The molecular formula is C16H14BrFN6O3.